The van der Waals surface area contributed by atoms with E-state index in [1.807, 2.05) is 12.1 Å². The molecule has 4 aromatic rings. The van der Waals surface area contributed by atoms with Crippen LogP contribution in [-0.4, -0.2) is 47.1 Å². The van der Waals surface area contributed by atoms with E-state index < -0.39 is 0 Å². The van der Waals surface area contributed by atoms with Crippen LogP contribution in [0.15, 0.2) is 71.1 Å². The minimum atomic E-state index is -0.189. The molecule has 0 atom stereocenters. The van der Waals surface area contributed by atoms with Gasteiger partial charge < -0.3 is 19.4 Å². The van der Waals surface area contributed by atoms with Crippen LogP contribution in [-0.2, 0) is 0 Å². The second-order valence-corrected chi connectivity index (χ2v) is 8.28. The number of benzene rings is 3. The Morgan fingerprint density at radius 1 is 0.912 bits per heavy atom. The van der Waals surface area contributed by atoms with E-state index in [0.717, 1.165) is 25.4 Å². The molecule has 6 nitrogen and oxygen atoms in total. The molecule has 1 fully saturated rings. The molecule has 5 rings (SSSR count). The van der Waals surface area contributed by atoms with Crippen LogP contribution in [0.3, 0.4) is 0 Å². The number of hydrogen-bond donors (Lipinski definition) is 2. The van der Waals surface area contributed by atoms with Gasteiger partial charge in [-0.3, -0.25) is 9.69 Å². The zero-order chi connectivity index (χ0) is 22.8. The number of hydrogen-bond acceptors (Lipinski definition) is 6. The van der Waals surface area contributed by atoms with Gasteiger partial charge in [-0.2, -0.15) is 0 Å². The number of nitrogens with zero attached hydrogens (tertiary/aromatic N) is 1. The third kappa shape index (κ3) is 4.88. The lowest BCUT2D eigenvalue weighted by molar-refractivity contribution is 0.104. The lowest BCUT2D eigenvalue weighted by atomic mass is 9.97. The first-order valence-electron chi connectivity index (χ1n) is 11.1. The maximum atomic E-state index is 13.5. The molecule has 1 aromatic heterocycles. The Labute approximate surface area is 203 Å². The average Bonchev–Trinajstić information content (AvgIpc) is 3.47. The van der Waals surface area contributed by atoms with Crippen LogP contribution in [0.1, 0.15) is 28.8 Å². The molecule has 0 saturated carbocycles. The molecule has 3 aromatic carbocycles. The minimum Gasteiger partial charge on any atom is -0.508 e. The van der Waals surface area contributed by atoms with E-state index >= 15 is 0 Å². The maximum absolute atomic E-state index is 13.5. The monoisotopic (exact) mass is 479 g/mol. The van der Waals surface area contributed by atoms with Crippen LogP contribution >= 0.6 is 12.4 Å². The van der Waals surface area contributed by atoms with Crippen molar-refractivity contribution < 1.29 is 24.2 Å². The molecule has 1 saturated heterocycles. The number of phenols is 2. The summed E-state index contributed by atoms with van der Waals surface area (Å²) >= 11 is 0. The number of fused-ring (bicyclic) bond motifs is 1. The quantitative estimate of drug-likeness (QED) is 0.334. The Morgan fingerprint density at radius 3 is 2.29 bits per heavy atom. The lowest BCUT2D eigenvalue weighted by Gasteiger charge is -2.15. The number of ketones is 1. The van der Waals surface area contributed by atoms with Crippen molar-refractivity contribution in [3.63, 3.8) is 0 Å². The first-order chi connectivity index (χ1) is 16.1. The van der Waals surface area contributed by atoms with Crippen molar-refractivity contribution in [1.29, 1.82) is 0 Å². The van der Waals surface area contributed by atoms with Gasteiger partial charge in [0.2, 0.25) is 0 Å². The smallest absolute Gasteiger partial charge is 0.197 e. The molecule has 1 aliphatic heterocycles. The number of halogens is 1. The fourth-order valence-corrected chi connectivity index (χ4v) is 4.27. The first-order valence-corrected chi connectivity index (χ1v) is 11.1. The van der Waals surface area contributed by atoms with E-state index in [2.05, 4.69) is 4.90 Å². The fourth-order valence-electron chi connectivity index (χ4n) is 4.27. The topological polar surface area (TPSA) is 83.1 Å². The van der Waals surface area contributed by atoms with E-state index in [1.54, 1.807) is 42.5 Å². The largest absolute Gasteiger partial charge is 0.508 e. The lowest BCUT2D eigenvalue weighted by Crippen LogP contribution is -2.25. The number of carbonyl (C=O) groups is 1. The van der Waals surface area contributed by atoms with Crippen LogP contribution in [0.4, 0.5) is 0 Å². The molecule has 0 unspecified atom stereocenters. The summed E-state index contributed by atoms with van der Waals surface area (Å²) in [6, 6.07) is 18.3. The highest BCUT2D eigenvalue weighted by Crippen LogP contribution is 2.37. The zero-order valence-corrected chi connectivity index (χ0v) is 19.4. The number of carbonyl (C=O) groups excluding carboxylic acids is 1. The van der Waals surface area contributed by atoms with Gasteiger partial charge in [-0.15, -0.1) is 12.4 Å². The van der Waals surface area contributed by atoms with Gasteiger partial charge in [-0.05, 0) is 86.6 Å². The van der Waals surface area contributed by atoms with E-state index in [9.17, 15) is 15.0 Å². The Balaban J connectivity index is 0.00000274. The highest BCUT2D eigenvalue weighted by Gasteiger charge is 2.23. The molecule has 1 aliphatic rings. The average molecular weight is 480 g/mol. The molecule has 0 bridgehead atoms. The summed E-state index contributed by atoms with van der Waals surface area (Å²) in [6.45, 7) is 3.80. The Morgan fingerprint density at radius 2 is 1.59 bits per heavy atom. The predicted molar refractivity (Wildman–Crippen MR) is 133 cm³/mol. The van der Waals surface area contributed by atoms with Gasteiger partial charge in [0.05, 0.1) is 5.56 Å². The molecular formula is C27H26ClNO5. The van der Waals surface area contributed by atoms with Crippen LogP contribution in [0, 0.1) is 0 Å². The van der Waals surface area contributed by atoms with Gasteiger partial charge in [0.25, 0.3) is 0 Å². The van der Waals surface area contributed by atoms with Crippen molar-refractivity contribution in [2.24, 2.45) is 0 Å². The Hall–Kier alpha value is -3.48. The third-order valence-corrected chi connectivity index (χ3v) is 6.02. The second kappa shape index (κ2) is 10.2. The standard InChI is InChI=1S/C27H25NO5.ClH/c29-20-7-3-19(4-8-20)27-25(23-12-9-21(30)17-24(23)33-27)26(31)18-5-10-22(11-6-18)32-16-15-28-13-1-2-14-28;/h3-12,17,29-30H,1-2,13-16H2;1H. The van der Waals surface area contributed by atoms with Crippen LogP contribution in [0.25, 0.3) is 22.3 Å². The van der Waals surface area contributed by atoms with Crippen molar-refractivity contribution in [2.75, 3.05) is 26.2 Å². The predicted octanol–water partition coefficient (Wildman–Crippen LogP) is 5.64. The number of ether oxygens (including phenoxy) is 1. The summed E-state index contributed by atoms with van der Waals surface area (Å²) in [4.78, 5) is 15.9. The van der Waals surface area contributed by atoms with Crippen molar-refractivity contribution >= 4 is 29.2 Å². The summed E-state index contributed by atoms with van der Waals surface area (Å²) in [5, 5.41) is 20.1. The normalized spacial score (nSPS) is 13.6. The molecule has 7 heteroatoms. The molecule has 0 amide bonds. The van der Waals surface area contributed by atoms with E-state index in [0.29, 0.717) is 40.0 Å². The van der Waals surface area contributed by atoms with Gasteiger partial charge in [0.15, 0.2) is 5.78 Å². The molecule has 0 spiro atoms. The zero-order valence-electron chi connectivity index (χ0n) is 18.6. The highest BCUT2D eigenvalue weighted by atomic mass is 35.5. The van der Waals surface area contributed by atoms with Crippen LogP contribution in [0.2, 0.25) is 0 Å². The SMILES string of the molecule is Cl.O=C(c1ccc(OCCN2CCCC2)cc1)c1c(-c2ccc(O)cc2)oc2cc(O)ccc12. The van der Waals surface area contributed by atoms with E-state index in [-0.39, 0.29) is 29.7 Å². The number of likely N-dealkylation sites (tertiary alicyclic amines) is 1. The number of aromatic hydroxyl groups is 2. The molecule has 34 heavy (non-hydrogen) atoms. The summed E-state index contributed by atoms with van der Waals surface area (Å²) in [6.07, 6.45) is 2.51. The van der Waals surface area contributed by atoms with Gasteiger partial charge in [-0.1, -0.05) is 0 Å². The minimum absolute atomic E-state index is 0. The summed E-state index contributed by atoms with van der Waals surface area (Å²) < 4.78 is 11.8. The van der Waals surface area contributed by atoms with Crippen molar-refractivity contribution in [2.45, 2.75) is 12.8 Å². The van der Waals surface area contributed by atoms with Crippen LogP contribution < -0.4 is 4.74 Å². The van der Waals surface area contributed by atoms with Gasteiger partial charge in [-0.25, -0.2) is 0 Å². The Kier molecular flexibility index (Phi) is 7.10. The fraction of sp³-hybridized carbons (Fsp3) is 0.222. The molecule has 2 N–H and O–H groups in total. The molecule has 0 aliphatic carbocycles. The molecular weight excluding hydrogens is 454 g/mol. The van der Waals surface area contributed by atoms with Gasteiger partial charge in [0, 0.05) is 29.1 Å². The van der Waals surface area contributed by atoms with Crippen molar-refractivity contribution in [3.05, 3.63) is 77.9 Å². The third-order valence-electron chi connectivity index (χ3n) is 6.02. The summed E-state index contributed by atoms with van der Waals surface area (Å²) in [7, 11) is 0. The molecule has 176 valence electrons. The van der Waals surface area contributed by atoms with Gasteiger partial charge >= 0.3 is 0 Å². The number of phenolic OH excluding ortho intramolecular Hbond substituents is 2. The van der Waals surface area contributed by atoms with Crippen LogP contribution in [0.5, 0.6) is 17.2 Å². The summed E-state index contributed by atoms with van der Waals surface area (Å²) in [5.74, 6) is 1.12. The highest BCUT2D eigenvalue weighted by molar-refractivity contribution is 6.19. The molecule has 0 radical (unpaired) electrons. The van der Waals surface area contributed by atoms with E-state index in [4.69, 9.17) is 9.15 Å². The second-order valence-electron chi connectivity index (χ2n) is 8.28. The number of furan rings is 1. The number of rotatable bonds is 7. The van der Waals surface area contributed by atoms with E-state index in [1.165, 1.54) is 25.0 Å². The molecule has 2 heterocycles. The van der Waals surface area contributed by atoms with Gasteiger partial charge in [0.1, 0.15) is 35.2 Å². The Bertz CT molecular complexity index is 1280. The first kappa shape index (κ1) is 23.7. The van der Waals surface area contributed by atoms with Crippen molar-refractivity contribution in [3.8, 4) is 28.6 Å². The van der Waals surface area contributed by atoms with Crippen molar-refractivity contribution in [1.82, 2.24) is 4.90 Å². The summed E-state index contributed by atoms with van der Waals surface area (Å²) in [5.41, 5.74) is 2.01. The maximum Gasteiger partial charge on any atom is 0.197 e.